The molecule has 1 atom stereocenters. The smallest absolute Gasteiger partial charge is 0.251 e. The summed E-state index contributed by atoms with van der Waals surface area (Å²) in [7, 11) is 0. The van der Waals surface area contributed by atoms with Gasteiger partial charge in [-0.15, -0.1) is 11.8 Å². The summed E-state index contributed by atoms with van der Waals surface area (Å²) in [6.07, 6.45) is 3.60. The number of hydrogen-bond acceptors (Lipinski definition) is 5. The Morgan fingerprint density at radius 1 is 1.35 bits per heavy atom. The van der Waals surface area contributed by atoms with Crippen molar-refractivity contribution < 1.29 is 9.53 Å². The van der Waals surface area contributed by atoms with Crippen LogP contribution in [0, 0.1) is 0 Å². The Bertz CT molecular complexity index is 753. The number of benzene rings is 1. The highest BCUT2D eigenvalue weighted by atomic mass is 35.5. The molecule has 2 heterocycles. The third kappa shape index (κ3) is 4.76. The Morgan fingerprint density at radius 3 is 2.85 bits per heavy atom. The molecule has 1 aliphatic rings. The van der Waals surface area contributed by atoms with Crippen molar-refractivity contribution in [2.45, 2.75) is 11.1 Å². The van der Waals surface area contributed by atoms with Crippen molar-refractivity contribution in [2.75, 3.05) is 39.1 Å². The molecule has 2 aromatic rings. The predicted molar refractivity (Wildman–Crippen MR) is 105 cm³/mol. The molecule has 26 heavy (non-hydrogen) atoms. The maximum atomic E-state index is 12.6. The number of aromatic nitrogens is 1. The monoisotopic (exact) mass is 391 g/mol. The Hall–Kier alpha value is -1.60. The fourth-order valence-corrected chi connectivity index (χ4v) is 3.70. The van der Waals surface area contributed by atoms with E-state index >= 15 is 0 Å². The second kappa shape index (κ2) is 9.37. The molecule has 1 aromatic heterocycles. The number of thioether (sulfide) groups is 1. The molecule has 0 saturated carbocycles. The fraction of sp³-hybridized carbons (Fsp3) is 0.368. The first-order chi connectivity index (χ1) is 12.7. The molecule has 1 fully saturated rings. The quantitative estimate of drug-likeness (QED) is 0.766. The minimum Gasteiger partial charge on any atom is -0.379 e. The van der Waals surface area contributed by atoms with Gasteiger partial charge in [0.25, 0.3) is 5.91 Å². The standard InChI is InChI=1S/C19H22ClN3O2S/c1-26-18-12-14(6-7-21-18)19(24)22-13-17(23-8-10-25-11-9-23)15-4-2-3-5-16(15)20/h2-7,12,17H,8-11,13H2,1H3,(H,22,24)/t17-/m1/s1. The number of nitrogens with zero attached hydrogens (tertiary/aromatic N) is 2. The number of carbonyl (C=O) groups excluding carboxylic acids is 1. The zero-order chi connectivity index (χ0) is 18.4. The maximum Gasteiger partial charge on any atom is 0.251 e. The molecule has 1 aromatic carbocycles. The number of pyridine rings is 1. The van der Waals surface area contributed by atoms with Crippen LogP contribution in [0.5, 0.6) is 0 Å². The van der Waals surface area contributed by atoms with Crippen molar-refractivity contribution in [2.24, 2.45) is 0 Å². The van der Waals surface area contributed by atoms with Crippen LogP contribution in [0.4, 0.5) is 0 Å². The fourth-order valence-electron chi connectivity index (χ4n) is 3.02. The van der Waals surface area contributed by atoms with Gasteiger partial charge in [0.15, 0.2) is 0 Å². The molecular formula is C19H22ClN3O2S. The van der Waals surface area contributed by atoms with Gasteiger partial charge in [0, 0.05) is 36.4 Å². The molecule has 0 radical (unpaired) electrons. The molecule has 138 valence electrons. The van der Waals surface area contributed by atoms with Gasteiger partial charge in [-0.3, -0.25) is 9.69 Å². The highest BCUT2D eigenvalue weighted by Gasteiger charge is 2.25. The van der Waals surface area contributed by atoms with Crippen molar-refractivity contribution in [3.63, 3.8) is 0 Å². The minimum atomic E-state index is -0.104. The summed E-state index contributed by atoms with van der Waals surface area (Å²) in [5, 5.41) is 4.60. The molecular weight excluding hydrogens is 370 g/mol. The van der Waals surface area contributed by atoms with Crippen LogP contribution in [-0.2, 0) is 4.74 Å². The van der Waals surface area contributed by atoms with E-state index in [1.807, 2.05) is 30.5 Å². The van der Waals surface area contributed by atoms with Gasteiger partial charge < -0.3 is 10.1 Å². The molecule has 1 amide bonds. The lowest BCUT2D eigenvalue weighted by Crippen LogP contribution is -2.44. The molecule has 3 rings (SSSR count). The number of amides is 1. The summed E-state index contributed by atoms with van der Waals surface area (Å²) < 4.78 is 5.47. The van der Waals surface area contributed by atoms with Gasteiger partial charge in [-0.1, -0.05) is 29.8 Å². The highest BCUT2D eigenvalue weighted by Crippen LogP contribution is 2.28. The van der Waals surface area contributed by atoms with Crippen molar-refractivity contribution >= 4 is 29.3 Å². The zero-order valence-corrected chi connectivity index (χ0v) is 16.2. The van der Waals surface area contributed by atoms with E-state index < -0.39 is 0 Å². The van der Waals surface area contributed by atoms with Crippen molar-refractivity contribution in [1.29, 1.82) is 0 Å². The Kier molecular flexibility index (Phi) is 6.91. The summed E-state index contributed by atoms with van der Waals surface area (Å²) >= 11 is 7.94. The van der Waals surface area contributed by atoms with Gasteiger partial charge in [0.2, 0.25) is 0 Å². The average Bonchev–Trinajstić information content (AvgIpc) is 2.70. The zero-order valence-electron chi connectivity index (χ0n) is 14.7. The van der Waals surface area contributed by atoms with Gasteiger partial charge in [0.05, 0.1) is 24.3 Å². The summed E-state index contributed by atoms with van der Waals surface area (Å²) in [5.41, 5.74) is 1.64. The van der Waals surface area contributed by atoms with E-state index in [0.29, 0.717) is 30.3 Å². The summed E-state index contributed by atoms with van der Waals surface area (Å²) in [4.78, 5) is 19.1. The van der Waals surface area contributed by atoms with Crippen molar-refractivity contribution in [3.05, 3.63) is 58.7 Å². The predicted octanol–water partition coefficient (Wildman–Crippen LogP) is 3.26. The minimum absolute atomic E-state index is 0.0124. The highest BCUT2D eigenvalue weighted by molar-refractivity contribution is 7.98. The van der Waals surface area contributed by atoms with Crippen LogP contribution in [0.25, 0.3) is 0 Å². The van der Waals surface area contributed by atoms with Gasteiger partial charge in [0.1, 0.15) is 0 Å². The van der Waals surface area contributed by atoms with Crippen LogP contribution in [0.2, 0.25) is 5.02 Å². The lowest BCUT2D eigenvalue weighted by molar-refractivity contribution is 0.0162. The lowest BCUT2D eigenvalue weighted by Gasteiger charge is -2.35. The maximum absolute atomic E-state index is 12.6. The van der Waals surface area contributed by atoms with Crippen LogP contribution in [0.1, 0.15) is 22.0 Å². The molecule has 5 nitrogen and oxygen atoms in total. The molecule has 1 N–H and O–H groups in total. The molecule has 0 unspecified atom stereocenters. The van der Waals surface area contributed by atoms with Crippen LogP contribution >= 0.6 is 23.4 Å². The molecule has 1 saturated heterocycles. The first-order valence-electron chi connectivity index (χ1n) is 8.53. The number of hydrogen-bond donors (Lipinski definition) is 1. The van der Waals surface area contributed by atoms with Crippen molar-refractivity contribution in [1.82, 2.24) is 15.2 Å². The summed E-state index contributed by atoms with van der Waals surface area (Å²) in [6.45, 7) is 3.50. The largest absolute Gasteiger partial charge is 0.379 e. The third-order valence-electron chi connectivity index (χ3n) is 4.41. The van der Waals surface area contributed by atoms with Crippen LogP contribution in [0.15, 0.2) is 47.6 Å². The SMILES string of the molecule is CSc1cc(C(=O)NC[C@H](c2ccccc2Cl)N2CCOCC2)ccn1. The molecule has 7 heteroatoms. The van der Waals surface area contributed by atoms with E-state index in [4.69, 9.17) is 16.3 Å². The van der Waals surface area contributed by atoms with E-state index in [1.165, 1.54) is 11.8 Å². The van der Waals surface area contributed by atoms with E-state index in [1.54, 1.807) is 18.3 Å². The Labute approximate surface area is 163 Å². The first kappa shape index (κ1) is 19.2. The van der Waals surface area contributed by atoms with Gasteiger partial charge >= 0.3 is 0 Å². The van der Waals surface area contributed by atoms with Crippen molar-refractivity contribution in [3.8, 4) is 0 Å². The number of nitrogens with one attached hydrogen (secondary N) is 1. The van der Waals surface area contributed by atoms with E-state index in [9.17, 15) is 4.79 Å². The molecule has 0 bridgehead atoms. The number of carbonyl (C=O) groups is 1. The average molecular weight is 392 g/mol. The van der Waals surface area contributed by atoms with E-state index in [2.05, 4.69) is 15.2 Å². The molecule has 0 aliphatic carbocycles. The topological polar surface area (TPSA) is 54.5 Å². The number of halogens is 1. The van der Waals surface area contributed by atoms with E-state index in [-0.39, 0.29) is 11.9 Å². The molecule has 1 aliphatic heterocycles. The number of rotatable bonds is 6. The molecule has 0 spiro atoms. The third-order valence-corrected chi connectivity index (χ3v) is 5.40. The normalized spacial score (nSPS) is 16.2. The van der Waals surface area contributed by atoms with E-state index in [0.717, 1.165) is 23.7 Å². The van der Waals surface area contributed by atoms with Crippen LogP contribution < -0.4 is 5.32 Å². The second-order valence-electron chi connectivity index (χ2n) is 5.98. The van der Waals surface area contributed by atoms with Crippen LogP contribution in [0.3, 0.4) is 0 Å². The van der Waals surface area contributed by atoms with Gasteiger partial charge in [-0.05, 0) is 30.0 Å². The van der Waals surface area contributed by atoms with Gasteiger partial charge in [-0.25, -0.2) is 4.98 Å². The summed E-state index contributed by atoms with van der Waals surface area (Å²) in [6, 6.07) is 11.4. The summed E-state index contributed by atoms with van der Waals surface area (Å²) in [5.74, 6) is -0.104. The van der Waals surface area contributed by atoms with Gasteiger partial charge in [-0.2, -0.15) is 0 Å². The number of morpholine rings is 1. The lowest BCUT2D eigenvalue weighted by atomic mass is 10.0. The van der Waals surface area contributed by atoms with Crippen LogP contribution in [-0.4, -0.2) is 54.9 Å². The second-order valence-corrected chi connectivity index (χ2v) is 7.22. The Morgan fingerprint density at radius 2 is 2.12 bits per heavy atom. The number of ether oxygens (including phenoxy) is 1. The Balaban J connectivity index is 1.75. The first-order valence-corrected chi connectivity index (χ1v) is 10.1.